The first-order valence-corrected chi connectivity index (χ1v) is 13.7. The van der Waals surface area contributed by atoms with Gasteiger partial charge in [0.1, 0.15) is 11.0 Å². The maximum atomic E-state index is 13.1. The highest BCUT2D eigenvalue weighted by Gasteiger charge is 2.40. The van der Waals surface area contributed by atoms with Gasteiger partial charge < -0.3 is 5.32 Å². The molecule has 0 bridgehead atoms. The number of nitrogens with zero attached hydrogens (tertiary/aromatic N) is 2. The topological polar surface area (TPSA) is 79.4 Å². The first-order chi connectivity index (χ1) is 14.5. The second kappa shape index (κ2) is 9.19. The van der Waals surface area contributed by atoms with Crippen molar-refractivity contribution in [2.45, 2.75) is 24.3 Å². The van der Waals surface area contributed by atoms with E-state index in [2.05, 4.69) is 10.3 Å². The molecule has 30 heavy (non-hydrogen) atoms. The largest absolute Gasteiger partial charge is 0.354 e. The average Bonchev–Trinajstić information content (AvgIpc) is 3.48. The maximum absolute atomic E-state index is 13.1. The third-order valence-corrected chi connectivity index (χ3v) is 9.91. The highest BCUT2D eigenvalue weighted by Crippen LogP contribution is 2.30. The molecule has 1 saturated heterocycles. The van der Waals surface area contributed by atoms with E-state index in [0.717, 1.165) is 15.6 Å². The van der Waals surface area contributed by atoms with Crippen molar-refractivity contribution in [2.24, 2.45) is 0 Å². The maximum Gasteiger partial charge on any atom is 0.244 e. The molecule has 3 heterocycles. The predicted octanol–water partition coefficient (Wildman–Crippen LogP) is 3.60. The Labute approximate surface area is 188 Å². The van der Waals surface area contributed by atoms with Crippen molar-refractivity contribution < 1.29 is 13.2 Å². The van der Waals surface area contributed by atoms with Crippen LogP contribution in [0.25, 0.3) is 9.88 Å². The smallest absolute Gasteiger partial charge is 0.244 e. The number of aryl methyl sites for hydroxylation is 1. The number of hydrogen-bond acceptors (Lipinski definition) is 7. The summed E-state index contributed by atoms with van der Waals surface area (Å²) in [4.78, 5) is 18.8. The highest BCUT2D eigenvalue weighted by atomic mass is 32.2. The lowest BCUT2D eigenvalue weighted by atomic mass is 10.2. The lowest BCUT2D eigenvalue weighted by Gasteiger charge is -2.23. The number of thiazole rings is 1. The zero-order valence-corrected chi connectivity index (χ0v) is 19.5. The van der Waals surface area contributed by atoms with E-state index in [-0.39, 0.29) is 16.7 Å². The summed E-state index contributed by atoms with van der Waals surface area (Å²) in [5, 5.41) is 7.90. The van der Waals surface area contributed by atoms with Crippen molar-refractivity contribution in [3.8, 4) is 9.88 Å². The second-order valence-electron chi connectivity index (χ2n) is 6.84. The number of sulfonamides is 1. The van der Waals surface area contributed by atoms with Crippen LogP contribution in [-0.4, -0.2) is 47.8 Å². The number of nitrogens with one attached hydrogen (secondary N) is 1. The summed E-state index contributed by atoms with van der Waals surface area (Å²) in [5.74, 6) is 0.479. The molecule has 0 spiro atoms. The van der Waals surface area contributed by atoms with Gasteiger partial charge in [-0.25, -0.2) is 13.4 Å². The molecule has 6 nitrogen and oxygen atoms in total. The van der Waals surface area contributed by atoms with Gasteiger partial charge in [0.15, 0.2) is 0 Å². The number of carbonyl (C=O) groups excluding carboxylic acids is 1. The van der Waals surface area contributed by atoms with Crippen LogP contribution in [0.5, 0.6) is 0 Å². The Balaban J connectivity index is 1.38. The van der Waals surface area contributed by atoms with Crippen LogP contribution in [0.1, 0.15) is 11.3 Å². The summed E-state index contributed by atoms with van der Waals surface area (Å²) >= 11 is 4.69. The molecule has 1 aliphatic rings. The number of hydrogen-bond donors (Lipinski definition) is 1. The van der Waals surface area contributed by atoms with Crippen LogP contribution in [0.3, 0.4) is 0 Å². The number of amides is 1. The summed E-state index contributed by atoms with van der Waals surface area (Å²) in [7, 11) is -3.72. The molecule has 1 atom stereocenters. The number of rotatable bonds is 7. The predicted molar refractivity (Wildman–Crippen MR) is 123 cm³/mol. The van der Waals surface area contributed by atoms with E-state index in [0.29, 0.717) is 24.3 Å². The fourth-order valence-corrected chi connectivity index (χ4v) is 8.25. The van der Waals surface area contributed by atoms with Crippen LogP contribution in [0, 0.1) is 6.92 Å². The molecule has 1 amide bonds. The fraction of sp³-hybridized carbons (Fsp3) is 0.300. The molecule has 1 fully saturated rings. The van der Waals surface area contributed by atoms with E-state index in [1.54, 1.807) is 53.9 Å². The number of benzene rings is 1. The number of aromatic nitrogens is 1. The molecule has 0 saturated carbocycles. The second-order valence-corrected chi connectivity index (χ2v) is 11.5. The molecule has 0 radical (unpaired) electrons. The first kappa shape index (κ1) is 21.5. The van der Waals surface area contributed by atoms with Gasteiger partial charge >= 0.3 is 0 Å². The molecule has 1 aromatic carbocycles. The number of carbonyl (C=O) groups is 1. The lowest BCUT2D eigenvalue weighted by Crippen LogP contribution is -2.47. The van der Waals surface area contributed by atoms with Crippen LogP contribution < -0.4 is 5.32 Å². The van der Waals surface area contributed by atoms with Gasteiger partial charge in [-0.3, -0.25) is 4.79 Å². The van der Waals surface area contributed by atoms with Crippen molar-refractivity contribution in [1.82, 2.24) is 14.6 Å². The monoisotopic (exact) mass is 479 g/mol. The third kappa shape index (κ3) is 4.47. The van der Waals surface area contributed by atoms with E-state index in [4.69, 9.17) is 0 Å². The van der Waals surface area contributed by atoms with Crippen LogP contribution in [-0.2, 0) is 21.2 Å². The Morgan fingerprint density at radius 3 is 2.83 bits per heavy atom. The van der Waals surface area contributed by atoms with Crippen LogP contribution in [0.15, 0.2) is 52.1 Å². The summed E-state index contributed by atoms with van der Waals surface area (Å²) in [6.45, 7) is 2.19. The van der Waals surface area contributed by atoms with Gasteiger partial charge in [0.25, 0.3) is 0 Å². The Bertz CT molecular complexity index is 1130. The van der Waals surface area contributed by atoms with E-state index in [9.17, 15) is 13.2 Å². The molecule has 0 aliphatic carbocycles. The summed E-state index contributed by atoms with van der Waals surface area (Å²) in [6, 6.07) is 10.2. The van der Waals surface area contributed by atoms with Gasteiger partial charge in [-0.15, -0.1) is 34.4 Å². The fourth-order valence-electron chi connectivity index (χ4n) is 3.21. The molecular formula is C20H21N3O3S4. The van der Waals surface area contributed by atoms with E-state index >= 15 is 0 Å². The van der Waals surface area contributed by atoms with Gasteiger partial charge in [0.05, 0.1) is 21.3 Å². The molecular weight excluding hydrogens is 459 g/mol. The first-order valence-electron chi connectivity index (χ1n) is 9.38. The van der Waals surface area contributed by atoms with Crippen molar-refractivity contribution in [3.05, 3.63) is 58.4 Å². The minimum absolute atomic E-state index is 0.258. The highest BCUT2D eigenvalue weighted by molar-refractivity contribution is 8.00. The molecule has 3 aromatic rings. The summed E-state index contributed by atoms with van der Waals surface area (Å²) < 4.78 is 27.5. The Kier molecular flexibility index (Phi) is 6.59. The van der Waals surface area contributed by atoms with Crippen LogP contribution >= 0.6 is 34.4 Å². The molecule has 0 unspecified atom stereocenters. The quantitative estimate of drug-likeness (QED) is 0.560. The number of thiophene rings is 1. The minimum Gasteiger partial charge on any atom is -0.354 e. The standard InChI is InChI=1S/C20H21N3O3S4/c1-14-5-2-3-7-18(14)30(25,26)23-13-27-12-16(23)19(24)21-9-8-15-11-29-20(22-15)17-6-4-10-28-17/h2-7,10-11,16H,8-9,12-13H2,1H3,(H,21,24)/t16-/m1/s1. The molecule has 10 heteroatoms. The van der Waals surface area contributed by atoms with E-state index < -0.39 is 16.1 Å². The zero-order chi connectivity index (χ0) is 21.1. The van der Waals surface area contributed by atoms with E-state index in [1.165, 1.54) is 16.1 Å². The van der Waals surface area contributed by atoms with Gasteiger partial charge in [-0.1, -0.05) is 24.3 Å². The van der Waals surface area contributed by atoms with Crippen molar-refractivity contribution in [3.63, 3.8) is 0 Å². The Hall–Kier alpha value is -1.72. The SMILES string of the molecule is Cc1ccccc1S(=O)(=O)N1CSC[C@@H]1C(=O)NCCc1csc(-c2cccs2)n1. The third-order valence-electron chi connectivity index (χ3n) is 4.79. The summed E-state index contributed by atoms with van der Waals surface area (Å²) in [5.41, 5.74) is 1.60. The number of thioether (sulfide) groups is 1. The zero-order valence-electron chi connectivity index (χ0n) is 16.3. The van der Waals surface area contributed by atoms with Gasteiger partial charge in [-0.2, -0.15) is 4.31 Å². The van der Waals surface area contributed by atoms with E-state index in [1.807, 2.05) is 22.9 Å². The minimum atomic E-state index is -3.72. The molecule has 2 aromatic heterocycles. The van der Waals surface area contributed by atoms with Gasteiger partial charge in [-0.05, 0) is 30.0 Å². The molecule has 158 valence electrons. The normalized spacial score (nSPS) is 17.3. The van der Waals surface area contributed by atoms with Crippen molar-refractivity contribution >= 4 is 50.4 Å². The summed E-state index contributed by atoms with van der Waals surface area (Å²) in [6.07, 6.45) is 0.609. The Morgan fingerprint density at radius 1 is 1.23 bits per heavy atom. The molecule has 1 aliphatic heterocycles. The van der Waals surface area contributed by atoms with Crippen molar-refractivity contribution in [2.75, 3.05) is 18.2 Å². The van der Waals surface area contributed by atoms with Gasteiger partial charge in [0.2, 0.25) is 15.9 Å². The van der Waals surface area contributed by atoms with Crippen LogP contribution in [0.2, 0.25) is 0 Å². The van der Waals surface area contributed by atoms with Crippen LogP contribution in [0.4, 0.5) is 0 Å². The molecule has 4 rings (SSSR count). The lowest BCUT2D eigenvalue weighted by molar-refractivity contribution is -0.123. The van der Waals surface area contributed by atoms with Crippen molar-refractivity contribution in [1.29, 1.82) is 0 Å². The Morgan fingerprint density at radius 2 is 2.07 bits per heavy atom. The average molecular weight is 480 g/mol. The molecule has 1 N–H and O–H groups in total. The van der Waals surface area contributed by atoms with Gasteiger partial charge in [0, 0.05) is 24.1 Å².